The van der Waals surface area contributed by atoms with E-state index < -0.39 is 29.8 Å². The lowest BCUT2D eigenvalue weighted by Crippen LogP contribution is -2.43. The molecule has 1 aliphatic rings. The van der Waals surface area contributed by atoms with Crippen molar-refractivity contribution in [2.24, 2.45) is 0 Å². The Bertz CT molecular complexity index is 825. The fraction of sp³-hybridized carbons (Fsp3) is 0.421. The Hall–Kier alpha value is -2.83. The summed E-state index contributed by atoms with van der Waals surface area (Å²) in [6.45, 7) is 5.38. The number of hydrogen-bond donors (Lipinski definition) is 1. The maximum atomic E-state index is 12.4. The third kappa shape index (κ3) is 3.87. The Balaban J connectivity index is 1.79. The lowest BCUT2D eigenvalue weighted by molar-refractivity contribution is -0.142. The van der Waals surface area contributed by atoms with Crippen molar-refractivity contribution in [3.63, 3.8) is 0 Å². The van der Waals surface area contributed by atoms with Crippen LogP contribution in [0, 0.1) is 0 Å². The Kier molecular flexibility index (Phi) is 4.71. The van der Waals surface area contributed by atoms with Gasteiger partial charge >= 0.3 is 12.1 Å². The van der Waals surface area contributed by atoms with Crippen molar-refractivity contribution >= 4 is 23.0 Å². The van der Waals surface area contributed by atoms with Crippen LogP contribution in [0.3, 0.4) is 0 Å². The largest absolute Gasteiger partial charge is 0.486 e. The molecule has 0 saturated carbocycles. The second kappa shape index (κ2) is 6.82. The van der Waals surface area contributed by atoms with Crippen LogP contribution in [0.25, 0.3) is 10.9 Å². The number of rotatable bonds is 3. The molecule has 2 atom stereocenters. The molecule has 1 aliphatic heterocycles. The van der Waals surface area contributed by atoms with Crippen molar-refractivity contribution in [1.29, 1.82) is 0 Å². The molecule has 1 aromatic heterocycles. The molecule has 2 heterocycles. The summed E-state index contributed by atoms with van der Waals surface area (Å²) in [5.74, 6) is -0.499. The lowest BCUT2D eigenvalue weighted by Gasteiger charge is -2.26. The van der Waals surface area contributed by atoms with Crippen molar-refractivity contribution in [2.45, 2.75) is 44.9 Å². The first-order valence-corrected chi connectivity index (χ1v) is 8.47. The lowest BCUT2D eigenvalue weighted by atomic mass is 10.2. The molecule has 7 heteroatoms. The number of likely N-dealkylation sites (tertiary alicyclic amines) is 1. The fourth-order valence-electron chi connectivity index (χ4n) is 2.99. The molecule has 0 radical (unpaired) electrons. The molecule has 0 bridgehead atoms. The molecule has 3 rings (SSSR count). The molecule has 0 spiro atoms. The van der Waals surface area contributed by atoms with Crippen LogP contribution in [0.5, 0.6) is 5.75 Å². The van der Waals surface area contributed by atoms with Crippen molar-refractivity contribution in [2.75, 3.05) is 6.54 Å². The average Bonchev–Trinajstić information content (AvgIpc) is 2.98. The number of amides is 1. The van der Waals surface area contributed by atoms with Gasteiger partial charge in [0.05, 0.1) is 6.54 Å². The van der Waals surface area contributed by atoms with Crippen LogP contribution in [-0.4, -0.2) is 51.3 Å². The molecule has 0 aliphatic carbocycles. The summed E-state index contributed by atoms with van der Waals surface area (Å²) < 4.78 is 11.3. The first-order chi connectivity index (χ1) is 12.2. The summed E-state index contributed by atoms with van der Waals surface area (Å²) in [7, 11) is 0. The number of para-hydroxylation sites is 1. The zero-order valence-electron chi connectivity index (χ0n) is 15.0. The Morgan fingerprint density at radius 2 is 1.96 bits per heavy atom. The standard InChI is InChI=1S/C19H22N2O5/c1-19(2,3)26-18(24)21-11-13(10-14(21)17(22)23)25-15-8-4-6-12-7-5-9-20-16(12)15/h4-9,13-14H,10-11H2,1-3H3,(H,22,23)/t13-,14-/m0/s1. The van der Waals surface area contributed by atoms with Crippen molar-refractivity contribution in [1.82, 2.24) is 9.88 Å². The Morgan fingerprint density at radius 3 is 2.65 bits per heavy atom. The number of pyridine rings is 1. The first kappa shape index (κ1) is 18.0. The number of aliphatic carboxylic acids is 1. The van der Waals surface area contributed by atoms with Crippen LogP contribution in [0.2, 0.25) is 0 Å². The average molecular weight is 358 g/mol. The smallest absolute Gasteiger partial charge is 0.411 e. The van der Waals surface area contributed by atoms with Gasteiger partial charge in [0.2, 0.25) is 0 Å². The van der Waals surface area contributed by atoms with Crippen LogP contribution < -0.4 is 4.74 Å². The summed E-state index contributed by atoms with van der Waals surface area (Å²) in [6, 6.07) is 8.37. The molecule has 7 nitrogen and oxygen atoms in total. The van der Waals surface area contributed by atoms with Crippen LogP contribution in [0.15, 0.2) is 36.5 Å². The molecule has 2 aromatic rings. The summed E-state index contributed by atoms with van der Waals surface area (Å²) in [5, 5.41) is 10.4. The zero-order chi connectivity index (χ0) is 18.9. The number of hydrogen-bond acceptors (Lipinski definition) is 5. The van der Waals surface area contributed by atoms with Gasteiger partial charge in [-0.25, -0.2) is 9.59 Å². The molecule has 1 N–H and O–H groups in total. The normalized spacial score (nSPS) is 20.2. The highest BCUT2D eigenvalue weighted by molar-refractivity contribution is 5.84. The molecule has 1 fully saturated rings. The predicted molar refractivity (Wildman–Crippen MR) is 95.1 cm³/mol. The molecular formula is C19H22N2O5. The third-order valence-electron chi connectivity index (χ3n) is 4.07. The minimum Gasteiger partial charge on any atom is -0.486 e. The van der Waals surface area contributed by atoms with Crippen LogP contribution in [0.1, 0.15) is 27.2 Å². The van der Waals surface area contributed by atoms with Crippen molar-refractivity contribution < 1.29 is 24.2 Å². The van der Waals surface area contributed by atoms with Crippen LogP contribution >= 0.6 is 0 Å². The van der Waals surface area contributed by atoms with E-state index in [1.165, 1.54) is 4.90 Å². The summed E-state index contributed by atoms with van der Waals surface area (Å²) in [5.41, 5.74) is 0.0103. The maximum absolute atomic E-state index is 12.4. The number of carbonyl (C=O) groups is 2. The SMILES string of the molecule is CC(C)(C)OC(=O)N1C[C@@H](Oc2cccc3cccnc23)C[C@H]1C(=O)O. The van der Waals surface area contributed by atoms with Gasteiger partial charge in [-0.2, -0.15) is 0 Å². The Morgan fingerprint density at radius 1 is 1.23 bits per heavy atom. The monoisotopic (exact) mass is 358 g/mol. The van der Waals surface area contributed by atoms with Gasteiger partial charge in [0, 0.05) is 18.0 Å². The molecule has 0 unspecified atom stereocenters. The van der Waals surface area contributed by atoms with Gasteiger partial charge in [0.15, 0.2) is 0 Å². The number of benzene rings is 1. The second-order valence-corrected chi connectivity index (χ2v) is 7.29. The number of nitrogens with zero attached hydrogens (tertiary/aromatic N) is 2. The van der Waals surface area contributed by atoms with Gasteiger partial charge in [-0.05, 0) is 32.9 Å². The zero-order valence-corrected chi connectivity index (χ0v) is 15.0. The molecule has 1 aromatic carbocycles. The molecule has 26 heavy (non-hydrogen) atoms. The van der Waals surface area contributed by atoms with E-state index in [9.17, 15) is 14.7 Å². The topological polar surface area (TPSA) is 89.0 Å². The number of aromatic nitrogens is 1. The summed E-state index contributed by atoms with van der Waals surface area (Å²) in [4.78, 5) is 29.5. The minimum absolute atomic E-state index is 0.148. The highest BCUT2D eigenvalue weighted by Gasteiger charge is 2.42. The molecule has 1 amide bonds. The second-order valence-electron chi connectivity index (χ2n) is 7.29. The number of ether oxygens (including phenoxy) is 2. The van der Waals surface area contributed by atoms with E-state index in [2.05, 4.69) is 4.98 Å². The Labute approximate surface area is 151 Å². The van der Waals surface area contributed by atoms with Gasteiger partial charge in [0.1, 0.15) is 29.0 Å². The molecule has 1 saturated heterocycles. The highest BCUT2D eigenvalue weighted by atomic mass is 16.6. The number of carboxylic acid groups (broad SMARTS) is 1. The van der Waals surface area contributed by atoms with Gasteiger partial charge in [-0.1, -0.05) is 18.2 Å². The van der Waals surface area contributed by atoms with Crippen LogP contribution in [-0.2, 0) is 9.53 Å². The molecule has 138 valence electrons. The molecular weight excluding hydrogens is 336 g/mol. The fourth-order valence-corrected chi connectivity index (χ4v) is 2.99. The van der Waals surface area contributed by atoms with E-state index in [1.54, 1.807) is 33.0 Å². The number of carboxylic acids is 1. The number of carbonyl (C=O) groups excluding carboxylic acids is 1. The van der Waals surface area contributed by atoms with Gasteiger partial charge < -0.3 is 14.6 Å². The number of fused-ring (bicyclic) bond motifs is 1. The maximum Gasteiger partial charge on any atom is 0.411 e. The van der Waals surface area contributed by atoms with Gasteiger partial charge in [0.25, 0.3) is 0 Å². The van der Waals surface area contributed by atoms with E-state index in [1.807, 2.05) is 24.3 Å². The quantitative estimate of drug-likeness (QED) is 0.907. The van der Waals surface area contributed by atoms with Crippen LogP contribution in [0.4, 0.5) is 4.79 Å². The van der Waals surface area contributed by atoms with E-state index in [4.69, 9.17) is 9.47 Å². The first-order valence-electron chi connectivity index (χ1n) is 8.47. The van der Waals surface area contributed by atoms with E-state index in [0.29, 0.717) is 11.3 Å². The van der Waals surface area contributed by atoms with E-state index >= 15 is 0 Å². The predicted octanol–water partition coefficient (Wildman–Crippen LogP) is 3.08. The van der Waals surface area contributed by atoms with Crippen molar-refractivity contribution in [3.8, 4) is 5.75 Å². The third-order valence-corrected chi connectivity index (χ3v) is 4.07. The van der Waals surface area contributed by atoms with Gasteiger partial charge in [-0.15, -0.1) is 0 Å². The van der Waals surface area contributed by atoms with E-state index in [-0.39, 0.29) is 13.0 Å². The van der Waals surface area contributed by atoms with Crippen molar-refractivity contribution in [3.05, 3.63) is 36.5 Å². The summed E-state index contributed by atoms with van der Waals surface area (Å²) in [6.07, 6.45) is 0.776. The summed E-state index contributed by atoms with van der Waals surface area (Å²) >= 11 is 0. The van der Waals surface area contributed by atoms with Gasteiger partial charge in [-0.3, -0.25) is 9.88 Å². The van der Waals surface area contributed by atoms with E-state index in [0.717, 1.165) is 5.39 Å². The highest BCUT2D eigenvalue weighted by Crippen LogP contribution is 2.29. The minimum atomic E-state index is -1.07.